The second kappa shape index (κ2) is 34.1. The number of unbranched alkanes of at least 4 members (excludes halogenated alkanes) is 9. The van der Waals surface area contributed by atoms with Crippen molar-refractivity contribution in [2.75, 3.05) is 32.1 Å². The van der Waals surface area contributed by atoms with Gasteiger partial charge in [-0.2, -0.15) is 0 Å². The van der Waals surface area contributed by atoms with Crippen LogP contribution in [0.5, 0.6) is 0 Å². The van der Waals surface area contributed by atoms with Gasteiger partial charge in [-0.05, 0) is 82.3 Å². The van der Waals surface area contributed by atoms with Crippen LogP contribution < -0.4 is 0 Å². The van der Waals surface area contributed by atoms with Gasteiger partial charge in [0.05, 0.1) is 0 Å². The molecule has 2 atom stereocenters. The summed E-state index contributed by atoms with van der Waals surface area (Å²) in [5, 5.41) is 0.834. The first-order chi connectivity index (χ1) is 23.0. The fraction of sp³-hybridized carbons (Fsp3) is 0.953. The van der Waals surface area contributed by atoms with Crippen LogP contribution in [-0.4, -0.2) is 47.3 Å². The molecule has 3 nitrogen and oxygen atoms in total. The highest BCUT2D eigenvalue weighted by Gasteiger charge is 2.11. The van der Waals surface area contributed by atoms with E-state index in [0.717, 1.165) is 66.8 Å². The molecule has 48 heavy (non-hydrogen) atoms. The second-order valence-electron chi connectivity index (χ2n) is 16.7. The average molecular weight is 712 g/mol. The third-order valence-electron chi connectivity index (χ3n) is 10.2. The molecule has 0 amide bonds. The molecular formula is C43H85NO2S2. The first-order valence-electron chi connectivity index (χ1n) is 20.9. The summed E-state index contributed by atoms with van der Waals surface area (Å²) in [5.74, 6) is 6.01. The molecule has 0 aliphatic heterocycles. The van der Waals surface area contributed by atoms with Gasteiger partial charge in [0.15, 0.2) is 10.2 Å². The van der Waals surface area contributed by atoms with Crippen molar-refractivity contribution in [3.05, 3.63) is 0 Å². The molecule has 0 saturated carbocycles. The Morgan fingerprint density at radius 2 is 0.812 bits per heavy atom. The van der Waals surface area contributed by atoms with Crippen LogP contribution in [0.1, 0.15) is 202 Å². The summed E-state index contributed by atoms with van der Waals surface area (Å²) < 4.78 is 0. The zero-order valence-corrected chi connectivity index (χ0v) is 35.4. The summed E-state index contributed by atoms with van der Waals surface area (Å²) in [6, 6.07) is 0. The van der Waals surface area contributed by atoms with E-state index in [4.69, 9.17) is 0 Å². The average Bonchev–Trinajstić information content (AvgIpc) is 3.01. The second-order valence-corrected chi connectivity index (χ2v) is 19.0. The van der Waals surface area contributed by atoms with Crippen molar-refractivity contribution in [2.24, 2.45) is 29.6 Å². The van der Waals surface area contributed by atoms with Gasteiger partial charge in [0, 0.05) is 24.3 Å². The van der Waals surface area contributed by atoms with Crippen LogP contribution >= 0.6 is 23.5 Å². The Labute approximate surface area is 310 Å². The van der Waals surface area contributed by atoms with Crippen LogP contribution in [-0.2, 0) is 9.59 Å². The predicted molar refractivity (Wildman–Crippen MR) is 220 cm³/mol. The quantitative estimate of drug-likeness (QED) is 0.0612. The summed E-state index contributed by atoms with van der Waals surface area (Å²) >= 11 is 3.18. The normalized spacial score (nSPS) is 13.9. The lowest BCUT2D eigenvalue weighted by Crippen LogP contribution is -2.13. The number of rotatable bonds is 35. The van der Waals surface area contributed by atoms with Crippen molar-refractivity contribution in [1.82, 2.24) is 4.90 Å². The van der Waals surface area contributed by atoms with Crippen LogP contribution in [0, 0.1) is 29.6 Å². The van der Waals surface area contributed by atoms with Gasteiger partial charge in [-0.15, -0.1) is 0 Å². The maximum Gasteiger partial charge on any atom is 0.188 e. The molecule has 0 bridgehead atoms. The van der Waals surface area contributed by atoms with Crippen LogP contribution in [0.15, 0.2) is 0 Å². The van der Waals surface area contributed by atoms with Crippen LogP contribution in [0.4, 0.5) is 0 Å². The van der Waals surface area contributed by atoms with Crippen LogP contribution in [0.3, 0.4) is 0 Å². The lowest BCUT2D eigenvalue weighted by Gasteiger charge is -2.18. The largest absolute Gasteiger partial charge is 0.309 e. The maximum absolute atomic E-state index is 12.3. The van der Waals surface area contributed by atoms with E-state index in [1.807, 2.05) is 0 Å². The number of hydrogen-bond donors (Lipinski definition) is 0. The van der Waals surface area contributed by atoms with Gasteiger partial charge in [0.25, 0.3) is 0 Å². The SMILES string of the molecule is CC(C)CCCC(C)CCSC(=O)CCCCCCCC(CCCCCCCC(=O)SCCC(C)CCCC(C)C)CCCCN(C)C. The maximum atomic E-state index is 12.3. The van der Waals surface area contributed by atoms with Gasteiger partial charge in [-0.1, -0.05) is 181 Å². The standard InChI is InChI=1S/C43H85NO2S2/c1-37(2)23-21-25-39(5)32-35-47-42(45)30-17-13-9-11-15-27-41(29-19-20-34-44(7)8)28-16-12-10-14-18-31-43(46)48-36-33-40(6)26-22-24-38(3)4/h37-41H,9-36H2,1-8H3. The molecule has 0 heterocycles. The molecule has 0 spiro atoms. The molecule has 0 fully saturated rings. The number of carbonyl (C=O) groups excluding carboxylic acids is 2. The molecule has 0 N–H and O–H groups in total. The van der Waals surface area contributed by atoms with E-state index < -0.39 is 0 Å². The molecule has 0 radical (unpaired) electrons. The molecular weight excluding hydrogens is 627 g/mol. The molecule has 0 aliphatic carbocycles. The van der Waals surface area contributed by atoms with Crippen molar-refractivity contribution in [3.8, 4) is 0 Å². The van der Waals surface area contributed by atoms with E-state index in [9.17, 15) is 9.59 Å². The summed E-state index contributed by atoms with van der Waals surface area (Å²) in [4.78, 5) is 27.0. The Morgan fingerprint density at radius 3 is 1.21 bits per heavy atom. The Hall–Kier alpha value is -0.0000000000000000763. The molecule has 0 rings (SSSR count). The topological polar surface area (TPSA) is 37.4 Å². The van der Waals surface area contributed by atoms with E-state index in [2.05, 4.69) is 60.5 Å². The molecule has 5 heteroatoms. The third-order valence-corrected chi connectivity index (χ3v) is 12.1. The summed E-state index contributed by atoms with van der Waals surface area (Å²) in [6.45, 7) is 15.1. The lowest BCUT2D eigenvalue weighted by atomic mass is 9.90. The van der Waals surface area contributed by atoms with E-state index in [1.54, 1.807) is 23.5 Å². The Morgan fingerprint density at radius 1 is 0.438 bits per heavy atom. The summed E-state index contributed by atoms with van der Waals surface area (Å²) in [5.41, 5.74) is 0. The number of nitrogens with zero attached hydrogens (tertiary/aromatic N) is 1. The van der Waals surface area contributed by atoms with Crippen molar-refractivity contribution in [1.29, 1.82) is 0 Å². The Kier molecular flexibility index (Phi) is 34.1. The van der Waals surface area contributed by atoms with Gasteiger partial charge in [0.1, 0.15) is 0 Å². The van der Waals surface area contributed by atoms with E-state index in [0.29, 0.717) is 10.2 Å². The van der Waals surface area contributed by atoms with Gasteiger partial charge in [-0.25, -0.2) is 0 Å². The van der Waals surface area contributed by atoms with Crippen LogP contribution in [0.2, 0.25) is 0 Å². The van der Waals surface area contributed by atoms with Gasteiger partial charge in [-0.3, -0.25) is 9.59 Å². The Bertz CT molecular complexity index is 674. The molecule has 0 aromatic heterocycles. The minimum atomic E-state index is 0.417. The van der Waals surface area contributed by atoms with Crippen molar-refractivity contribution in [2.45, 2.75) is 202 Å². The minimum Gasteiger partial charge on any atom is -0.309 e. The predicted octanol–water partition coefficient (Wildman–Crippen LogP) is 14.0. The van der Waals surface area contributed by atoms with E-state index >= 15 is 0 Å². The van der Waals surface area contributed by atoms with Crippen LogP contribution in [0.25, 0.3) is 0 Å². The fourth-order valence-corrected chi connectivity index (χ4v) is 8.76. The monoisotopic (exact) mass is 712 g/mol. The van der Waals surface area contributed by atoms with Gasteiger partial charge < -0.3 is 4.90 Å². The van der Waals surface area contributed by atoms with Gasteiger partial charge in [0.2, 0.25) is 0 Å². The molecule has 0 aromatic carbocycles. The van der Waals surface area contributed by atoms with E-state index in [-0.39, 0.29) is 0 Å². The highest BCUT2D eigenvalue weighted by molar-refractivity contribution is 8.13. The molecule has 0 aliphatic rings. The number of hydrogen-bond acceptors (Lipinski definition) is 5. The summed E-state index contributed by atoms with van der Waals surface area (Å²) in [7, 11) is 4.37. The smallest absolute Gasteiger partial charge is 0.188 e. The highest BCUT2D eigenvalue weighted by atomic mass is 32.2. The first-order valence-corrected chi connectivity index (χ1v) is 22.9. The van der Waals surface area contributed by atoms with Crippen molar-refractivity contribution in [3.63, 3.8) is 0 Å². The summed E-state index contributed by atoms with van der Waals surface area (Å²) in [6.07, 6.45) is 31.2. The highest BCUT2D eigenvalue weighted by Crippen LogP contribution is 2.25. The minimum absolute atomic E-state index is 0.417. The molecule has 2 unspecified atom stereocenters. The first kappa shape index (κ1) is 48.0. The van der Waals surface area contributed by atoms with Gasteiger partial charge >= 0.3 is 0 Å². The fourth-order valence-electron chi connectivity index (χ4n) is 6.69. The van der Waals surface area contributed by atoms with E-state index in [1.165, 1.54) is 141 Å². The number of carbonyl (C=O) groups is 2. The zero-order chi connectivity index (χ0) is 35.8. The van der Waals surface area contributed by atoms with Crippen molar-refractivity contribution >= 4 is 33.8 Å². The number of thioether (sulfide) groups is 2. The zero-order valence-electron chi connectivity index (χ0n) is 33.8. The molecule has 0 saturated heterocycles. The lowest BCUT2D eigenvalue weighted by molar-refractivity contribution is -0.111. The molecule has 0 aromatic rings. The molecule has 286 valence electrons. The Balaban J connectivity index is 3.98. The van der Waals surface area contributed by atoms with Crippen molar-refractivity contribution < 1.29 is 9.59 Å². The third kappa shape index (κ3) is 35.8.